The lowest BCUT2D eigenvalue weighted by Gasteiger charge is -2.25. The molecule has 0 fully saturated rings. The zero-order valence-corrected chi connectivity index (χ0v) is 13.1. The molecule has 2 aromatic carbocycles. The van der Waals surface area contributed by atoms with Gasteiger partial charge in [0.1, 0.15) is 5.75 Å². The molecule has 0 amide bonds. The molecule has 106 valence electrons. The zero-order chi connectivity index (χ0) is 13.1. The second-order valence-corrected chi connectivity index (χ2v) is 5.26. The van der Waals surface area contributed by atoms with Crippen LogP contribution in [0.15, 0.2) is 48.5 Å². The zero-order valence-electron chi connectivity index (χ0n) is 11.4. The van der Waals surface area contributed by atoms with E-state index in [0.717, 1.165) is 19.4 Å². The molecule has 0 bridgehead atoms. The van der Waals surface area contributed by atoms with E-state index in [0.29, 0.717) is 11.8 Å². The van der Waals surface area contributed by atoms with Crippen molar-refractivity contribution in [3.63, 3.8) is 0 Å². The van der Waals surface area contributed by atoms with Crippen molar-refractivity contribution < 1.29 is 5.11 Å². The van der Waals surface area contributed by atoms with E-state index < -0.39 is 0 Å². The number of phenolic OH excluding ortho intramolecular Hbond substituents is 1. The second kappa shape index (κ2) is 6.91. The van der Waals surface area contributed by atoms with Gasteiger partial charge in [0.2, 0.25) is 0 Å². The Hall–Kier alpha value is -1.32. The fourth-order valence-electron chi connectivity index (χ4n) is 2.78. The topological polar surface area (TPSA) is 32.3 Å². The first kappa shape index (κ1) is 15.1. The molecular weight excluding hydrogens is 314 g/mol. The number of halogens is 1. The van der Waals surface area contributed by atoms with Gasteiger partial charge in [-0.15, -0.1) is 17.0 Å². The Kier molecular flexibility index (Phi) is 5.21. The number of aryl methyl sites for hydroxylation is 1. The van der Waals surface area contributed by atoms with Gasteiger partial charge in [-0.1, -0.05) is 36.4 Å². The Morgan fingerprint density at radius 1 is 1.05 bits per heavy atom. The molecule has 1 aliphatic rings. The van der Waals surface area contributed by atoms with Crippen LogP contribution in [-0.2, 0) is 19.4 Å². The van der Waals surface area contributed by atoms with E-state index in [1.165, 1.54) is 23.1 Å². The molecule has 0 unspecified atom stereocenters. The van der Waals surface area contributed by atoms with Crippen LogP contribution >= 0.6 is 17.0 Å². The molecule has 0 saturated carbocycles. The number of fused-ring (bicyclic) bond motifs is 1. The molecule has 1 atom stereocenters. The average molecular weight is 334 g/mol. The van der Waals surface area contributed by atoms with Gasteiger partial charge in [0, 0.05) is 12.6 Å². The smallest absolute Gasteiger partial charge is 0.115 e. The summed E-state index contributed by atoms with van der Waals surface area (Å²) >= 11 is 0. The largest absolute Gasteiger partial charge is 0.508 e. The van der Waals surface area contributed by atoms with Crippen LogP contribution in [0.1, 0.15) is 23.1 Å². The minimum atomic E-state index is 0. The Bertz CT molecular complexity index is 556. The lowest BCUT2D eigenvalue weighted by atomic mass is 9.88. The Morgan fingerprint density at radius 2 is 1.85 bits per heavy atom. The number of nitrogens with one attached hydrogen (secondary N) is 1. The summed E-state index contributed by atoms with van der Waals surface area (Å²) in [6.45, 7) is 0.916. The molecule has 2 nitrogen and oxygen atoms in total. The van der Waals surface area contributed by atoms with Gasteiger partial charge in [-0.05, 0) is 48.1 Å². The molecule has 0 saturated heterocycles. The molecule has 3 heteroatoms. The minimum Gasteiger partial charge on any atom is -0.508 e. The maximum atomic E-state index is 9.56. The fraction of sp³-hybridized carbons (Fsp3) is 0.294. The molecular formula is C17H20BrNO. The van der Waals surface area contributed by atoms with Gasteiger partial charge >= 0.3 is 0 Å². The molecule has 0 spiro atoms. The Morgan fingerprint density at radius 3 is 2.65 bits per heavy atom. The van der Waals surface area contributed by atoms with Crippen LogP contribution < -0.4 is 5.32 Å². The lowest BCUT2D eigenvalue weighted by molar-refractivity contribution is 0.449. The molecule has 0 heterocycles. The highest BCUT2D eigenvalue weighted by Gasteiger charge is 2.18. The summed E-state index contributed by atoms with van der Waals surface area (Å²) in [7, 11) is 0. The van der Waals surface area contributed by atoms with Crippen LogP contribution in [0.3, 0.4) is 0 Å². The third-order valence-corrected chi connectivity index (χ3v) is 3.86. The van der Waals surface area contributed by atoms with Gasteiger partial charge in [-0.3, -0.25) is 0 Å². The van der Waals surface area contributed by atoms with Gasteiger partial charge in [0.05, 0.1) is 0 Å². The first-order valence-electron chi connectivity index (χ1n) is 6.89. The fourth-order valence-corrected chi connectivity index (χ4v) is 2.78. The predicted molar refractivity (Wildman–Crippen MR) is 87.5 cm³/mol. The predicted octanol–water partition coefficient (Wildman–Crippen LogP) is 3.62. The SMILES string of the molecule is Br.Oc1ccc2c(c1)C[C@H](NCc1ccccc1)CC2. The Balaban J connectivity index is 0.00000147. The van der Waals surface area contributed by atoms with E-state index in [9.17, 15) is 5.11 Å². The third kappa shape index (κ3) is 3.62. The monoisotopic (exact) mass is 333 g/mol. The lowest BCUT2D eigenvalue weighted by Crippen LogP contribution is -2.34. The van der Waals surface area contributed by atoms with Crippen molar-refractivity contribution in [2.45, 2.75) is 31.8 Å². The van der Waals surface area contributed by atoms with Crippen LogP contribution in [0, 0.1) is 0 Å². The summed E-state index contributed by atoms with van der Waals surface area (Å²) in [6.07, 6.45) is 3.28. The van der Waals surface area contributed by atoms with Gasteiger partial charge in [0.15, 0.2) is 0 Å². The molecule has 1 aliphatic carbocycles. The molecule has 0 radical (unpaired) electrons. The standard InChI is InChI=1S/C17H19NO.BrH/c19-17-9-7-14-6-8-16(10-15(14)11-17)18-12-13-4-2-1-3-5-13;/h1-5,7,9,11,16,18-19H,6,8,10,12H2;1H/t16-;/m1./s1. The summed E-state index contributed by atoms with van der Waals surface area (Å²) in [4.78, 5) is 0. The normalized spacial score (nSPS) is 17.1. The summed E-state index contributed by atoms with van der Waals surface area (Å²) in [5.41, 5.74) is 4.00. The number of rotatable bonds is 3. The van der Waals surface area contributed by atoms with Gasteiger partial charge in [0.25, 0.3) is 0 Å². The maximum absolute atomic E-state index is 9.56. The average Bonchev–Trinajstić information content (AvgIpc) is 2.46. The highest BCUT2D eigenvalue weighted by atomic mass is 79.9. The summed E-state index contributed by atoms with van der Waals surface area (Å²) in [6, 6.07) is 16.7. The molecule has 0 aliphatic heterocycles. The van der Waals surface area contributed by atoms with E-state index in [1.807, 2.05) is 12.1 Å². The number of hydrogen-bond donors (Lipinski definition) is 2. The summed E-state index contributed by atoms with van der Waals surface area (Å²) < 4.78 is 0. The molecule has 2 aromatic rings. The van der Waals surface area contributed by atoms with E-state index in [2.05, 4.69) is 35.6 Å². The first-order valence-corrected chi connectivity index (χ1v) is 6.89. The van der Waals surface area contributed by atoms with Gasteiger partial charge in [-0.25, -0.2) is 0 Å². The molecule has 3 rings (SSSR count). The summed E-state index contributed by atoms with van der Waals surface area (Å²) in [5, 5.41) is 13.2. The first-order chi connectivity index (χ1) is 9.31. The second-order valence-electron chi connectivity index (χ2n) is 5.26. The Labute approximate surface area is 130 Å². The van der Waals surface area contributed by atoms with Crippen LogP contribution in [-0.4, -0.2) is 11.1 Å². The number of phenols is 1. The van der Waals surface area contributed by atoms with Crippen molar-refractivity contribution in [3.8, 4) is 5.75 Å². The van der Waals surface area contributed by atoms with E-state index >= 15 is 0 Å². The number of aromatic hydroxyl groups is 1. The van der Waals surface area contributed by atoms with Crippen molar-refractivity contribution in [2.24, 2.45) is 0 Å². The third-order valence-electron chi connectivity index (χ3n) is 3.86. The number of hydrogen-bond acceptors (Lipinski definition) is 2. The van der Waals surface area contributed by atoms with Crippen molar-refractivity contribution in [3.05, 3.63) is 65.2 Å². The molecule has 20 heavy (non-hydrogen) atoms. The van der Waals surface area contributed by atoms with Crippen molar-refractivity contribution in [1.82, 2.24) is 5.32 Å². The van der Waals surface area contributed by atoms with E-state index in [-0.39, 0.29) is 17.0 Å². The quantitative estimate of drug-likeness (QED) is 0.899. The van der Waals surface area contributed by atoms with Crippen molar-refractivity contribution >= 4 is 17.0 Å². The maximum Gasteiger partial charge on any atom is 0.115 e. The van der Waals surface area contributed by atoms with Gasteiger partial charge in [-0.2, -0.15) is 0 Å². The van der Waals surface area contributed by atoms with E-state index in [1.54, 1.807) is 6.07 Å². The number of benzene rings is 2. The van der Waals surface area contributed by atoms with Crippen molar-refractivity contribution in [1.29, 1.82) is 0 Å². The summed E-state index contributed by atoms with van der Waals surface area (Å²) in [5.74, 6) is 0.377. The van der Waals surface area contributed by atoms with Crippen LogP contribution in [0.4, 0.5) is 0 Å². The van der Waals surface area contributed by atoms with Gasteiger partial charge < -0.3 is 10.4 Å². The van der Waals surface area contributed by atoms with Crippen LogP contribution in [0.25, 0.3) is 0 Å². The van der Waals surface area contributed by atoms with Crippen LogP contribution in [0.5, 0.6) is 5.75 Å². The van der Waals surface area contributed by atoms with Crippen LogP contribution in [0.2, 0.25) is 0 Å². The minimum absolute atomic E-state index is 0. The molecule has 0 aromatic heterocycles. The van der Waals surface area contributed by atoms with Crippen molar-refractivity contribution in [2.75, 3.05) is 0 Å². The molecule has 2 N–H and O–H groups in total. The highest BCUT2D eigenvalue weighted by molar-refractivity contribution is 8.93. The highest BCUT2D eigenvalue weighted by Crippen LogP contribution is 2.25. The van der Waals surface area contributed by atoms with E-state index in [4.69, 9.17) is 0 Å².